The summed E-state index contributed by atoms with van der Waals surface area (Å²) in [6, 6.07) is 24.6. The van der Waals surface area contributed by atoms with Crippen molar-refractivity contribution in [2.24, 2.45) is 0 Å². The molecule has 0 aliphatic rings. The van der Waals surface area contributed by atoms with Crippen molar-refractivity contribution in [1.82, 2.24) is 4.98 Å². The number of hydrogen-bond acceptors (Lipinski definition) is 3. The van der Waals surface area contributed by atoms with E-state index in [1.54, 1.807) is 12.1 Å². The number of nitrogens with two attached hydrogens (primary N) is 1. The van der Waals surface area contributed by atoms with Crippen LogP contribution in [-0.4, -0.2) is 4.98 Å². The molecule has 4 rings (SSSR count). The maximum absolute atomic E-state index is 9.85. The summed E-state index contributed by atoms with van der Waals surface area (Å²) in [6.07, 6.45) is 0. The number of anilines is 1. The van der Waals surface area contributed by atoms with Crippen molar-refractivity contribution < 1.29 is 0 Å². The molecule has 30 heavy (non-hydrogen) atoms. The van der Waals surface area contributed by atoms with Crippen LogP contribution in [0.5, 0.6) is 0 Å². The molecule has 0 atom stereocenters. The fraction of sp³-hybridized carbons (Fsp3) is 0. The first-order chi connectivity index (χ1) is 14.5. The van der Waals surface area contributed by atoms with E-state index in [4.69, 9.17) is 33.9 Å². The molecule has 0 saturated heterocycles. The van der Waals surface area contributed by atoms with Crippen molar-refractivity contribution in [3.8, 4) is 39.6 Å². The molecule has 0 saturated carbocycles. The topological polar surface area (TPSA) is 62.7 Å². The molecule has 4 aromatic rings. The smallest absolute Gasteiger partial charge is 0.151 e. The lowest BCUT2D eigenvalue weighted by atomic mass is 9.92. The van der Waals surface area contributed by atoms with Crippen molar-refractivity contribution in [1.29, 1.82) is 5.26 Å². The van der Waals surface area contributed by atoms with Gasteiger partial charge in [-0.15, -0.1) is 0 Å². The van der Waals surface area contributed by atoms with E-state index in [9.17, 15) is 5.26 Å². The summed E-state index contributed by atoms with van der Waals surface area (Å²) >= 11 is 15.6. The van der Waals surface area contributed by atoms with E-state index in [1.807, 2.05) is 60.7 Å². The molecule has 1 aromatic heterocycles. The van der Waals surface area contributed by atoms with Crippen LogP contribution in [0.1, 0.15) is 5.69 Å². The van der Waals surface area contributed by atoms with Crippen molar-refractivity contribution in [2.45, 2.75) is 0 Å². The van der Waals surface area contributed by atoms with Crippen molar-refractivity contribution in [3.05, 3.63) is 93.0 Å². The Morgan fingerprint density at radius 1 is 0.733 bits per heavy atom. The average Bonchev–Trinajstić information content (AvgIpc) is 2.75. The number of rotatable bonds is 3. The molecule has 3 nitrogen and oxygen atoms in total. The van der Waals surface area contributed by atoms with Gasteiger partial charge >= 0.3 is 0 Å². The Labute approximate surface area is 192 Å². The summed E-state index contributed by atoms with van der Waals surface area (Å²) in [5.74, 6) is 0. The zero-order chi connectivity index (χ0) is 21.3. The third-order valence-corrected chi connectivity index (χ3v) is 5.76. The van der Waals surface area contributed by atoms with Gasteiger partial charge in [0.05, 0.1) is 11.4 Å². The normalized spacial score (nSPS) is 10.6. The molecule has 0 unspecified atom stereocenters. The summed E-state index contributed by atoms with van der Waals surface area (Å²) in [5, 5.41) is 11.1. The van der Waals surface area contributed by atoms with Gasteiger partial charge in [0.25, 0.3) is 0 Å². The Morgan fingerprint density at radius 3 is 1.70 bits per heavy atom. The molecule has 0 spiro atoms. The van der Waals surface area contributed by atoms with Gasteiger partial charge in [-0.1, -0.05) is 75.5 Å². The lowest BCUT2D eigenvalue weighted by Gasteiger charge is -2.18. The Bertz CT molecular complexity index is 1260. The number of nitrogen functional groups attached to an aromatic ring is 1. The second-order valence-electron chi connectivity index (χ2n) is 6.61. The van der Waals surface area contributed by atoms with E-state index in [0.29, 0.717) is 27.0 Å². The third-order valence-electron chi connectivity index (χ3n) is 4.73. The number of hydrogen-bond donors (Lipinski definition) is 1. The SMILES string of the molecule is N#Cc1nc(-c2ccc(Br)cc2)c(-c2ccc(Cl)cc2)c(N)c1-c1ccc(Cl)cc1. The van der Waals surface area contributed by atoms with E-state index in [1.165, 1.54) is 0 Å². The minimum atomic E-state index is 0.255. The second-order valence-corrected chi connectivity index (χ2v) is 8.39. The van der Waals surface area contributed by atoms with E-state index in [-0.39, 0.29) is 5.69 Å². The van der Waals surface area contributed by atoms with Crippen LogP contribution in [0.25, 0.3) is 33.5 Å². The van der Waals surface area contributed by atoms with E-state index in [0.717, 1.165) is 26.7 Å². The highest BCUT2D eigenvalue weighted by Crippen LogP contribution is 2.42. The summed E-state index contributed by atoms with van der Waals surface area (Å²) in [4.78, 5) is 4.73. The van der Waals surface area contributed by atoms with Gasteiger partial charge in [0.1, 0.15) is 6.07 Å². The van der Waals surface area contributed by atoms with Crippen LogP contribution in [0.15, 0.2) is 77.3 Å². The van der Waals surface area contributed by atoms with Crippen LogP contribution in [-0.2, 0) is 0 Å². The van der Waals surface area contributed by atoms with Gasteiger partial charge in [0, 0.05) is 31.2 Å². The maximum atomic E-state index is 9.85. The van der Waals surface area contributed by atoms with Gasteiger partial charge in [-0.2, -0.15) is 5.26 Å². The van der Waals surface area contributed by atoms with Crippen molar-refractivity contribution in [2.75, 3.05) is 5.73 Å². The molecule has 2 N–H and O–H groups in total. The largest absolute Gasteiger partial charge is 0.398 e. The van der Waals surface area contributed by atoms with Crippen LogP contribution in [0, 0.1) is 11.3 Å². The first-order valence-corrected chi connectivity index (χ1v) is 10.5. The summed E-state index contributed by atoms with van der Waals surface area (Å²) in [7, 11) is 0. The Morgan fingerprint density at radius 2 is 1.20 bits per heavy atom. The van der Waals surface area contributed by atoms with Gasteiger partial charge in [-0.05, 0) is 47.5 Å². The fourth-order valence-electron chi connectivity index (χ4n) is 3.32. The molecular formula is C24H14BrCl2N3. The highest BCUT2D eigenvalue weighted by atomic mass is 79.9. The Hall–Kier alpha value is -2.84. The lowest BCUT2D eigenvalue weighted by molar-refractivity contribution is 1.27. The number of nitrogens with zero attached hydrogens (tertiary/aromatic N) is 2. The average molecular weight is 495 g/mol. The highest BCUT2D eigenvalue weighted by Gasteiger charge is 2.21. The van der Waals surface area contributed by atoms with Gasteiger partial charge in [-0.25, -0.2) is 4.98 Å². The summed E-state index contributed by atoms with van der Waals surface area (Å²) < 4.78 is 0.950. The quantitative estimate of drug-likeness (QED) is 0.318. The molecule has 0 aliphatic carbocycles. The molecule has 0 bridgehead atoms. The van der Waals surface area contributed by atoms with E-state index >= 15 is 0 Å². The molecule has 0 fully saturated rings. The molecule has 0 aliphatic heterocycles. The molecule has 146 valence electrons. The van der Waals surface area contributed by atoms with Crippen molar-refractivity contribution in [3.63, 3.8) is 0 Å². The maximum Gasteiger partial charge on any atom is 0.151 e. The number of nitriles is 1. The van der Waals surface area contributed by atoms with Crippen LogP contribution in [0.2, 0.25) is 10.0 Å². The highest BCUT2D eigenvalue weighted by molar-refractivity contribution is 9.10. The van der Waals surface area contributed by atoms with Crippen LogP contribution in [0.3, 0.4) is 0 Å². The second kappa shape index (κ2) is 8.49. The zero-order valence-electron chi connectivity index (χ0n) is 15.5. The zero-order valence-corrected chi connectivity index (χ0v) is 18.6. The van der Waals surface area contributed by atoms with Gasteiger partial charge in [0.15, 0.2) is 5.69 Å². The lowest BCUT2D eigenvalue weighted by Crippen LogP contribution is -2.03. The van der Waals surface area contributed by atoms with Crippen LogP contribution < -0.4 is 5.73 Å². The van der Waals surface area contributed by atoms with E-state index < -0.39 is 0 Å². The molecule has 3 aromatic carbocycles. The van der Waals surface area contributed by atoms with Crippen LogP contribution >= 0.6 is 39.1 Å². The minimum Gasteiger partial charge on any atom is -0.398 e. The monoisotopic (exact) mass is 493 g/mol. The molecule has 1 heterocycles. The van der Waals surface area contributed by atoms with Crippen molar-refractivity contribution >= 4 is 44.8 Å². The predicted molar refractivity (Wildman–Crippen MR) is 127 cm³/mol. The van der Waals surface area contributed by atoms with E-state index in [2.05, 4.69) is 22.0 Å². The third kappa shape index (κ3) is 3.93. The molecule has 0 radical (unpaired) electrons. The standard InChI is InChI=1S/C24H14BrCl2N3/c25-17-7-1-16(2-8-17)24-22(15-5-11-19(27)12-6-15)23(29)21(20(13-28)30-24)14-3-9-18(26)10-4-14/h1-12H,(H2,29,30). The first-order valence-electron chi connectivity index (χ1n) is 8.99. The minimum absolute atomic E-state index is 0.255. The molecule has 0 amide bonds. The van der Waals surface area contributed by atoms with Gasteiger partial charge in [0.2, 0.25) is 0 Å². The van der Waals surface area contributed by atoms with Gasteiger partial charge in [-0.3, -0.25) is 0 Å². The molecular weight excluding hydrogens is 481 g/mol. The van der Waals surface area contributed by atoms with Crippen LogP contribution in [0.4, 0.5) is 5.69 Å². The van der Waals surface area contributed by atoms with Gasteiger partial charge < -0.3 is 5.73 Å². The first kappa shape index (κ1) is 20.4. The summed E-state index contributed by atoms with van der Waals surface area (Å²) in [6.45, 7) is 0. The Kier molecular flexibility index (Phi) is 5.78. The predicted octanol–water partition coefficient (Wildman–Crippen LogP) is 7.61. The number of aromatic nitrogens is 1. The number of pyridine rings is 1. The number of benzene rings is 3. The molecule has 6 heteroatoms. The fourth-order valence-corrected chi connectivity index (χ4v) is 3.84. The summed E-state index contributed by atoms with van der Waals surface area (Å²) in [5.41, 5.74) is 11.9. The number of halogens is 3. The Balaban J connectivity index is 2.06.